The van der Waals surface area contributed by atoms with E-state index >= 15 is 0 Å². The zero-order valence-electron chi connectivity index (χ0n) is 15.6. The minimum absolute atomic E-state index is 0.134. The lowest BCUT2D eigenvalue weighted by Gasteiger charge is -2.09. The Bertz CT molecular complexity index is 880. The molecule has 0 atom stereocenters. The number of ether oxygens (including phenoxy) is 1. The molecule has 2 aromatic carbocycles. The van der Waals surface area contributed by atoms with E-state index in [9.17, 15) is 14.4 Å². The number of esters is 1. The van der Waals surface area contributed by atoms with Gasteiger partial charge in [0.25, 0.3) is 11.8 Å². The lowest BCUT2D eigenvalue weighted by Crippen LogP contribution is -2.25. The van der Waals surface area contributed by atoms with E-state index in [1.165, 1.54) is 11.8 Å². The fourth-order valence-electron chi connectivity index (χ4n) is 2.47. The van der Waals surface area contributed by atoms with Crippen LogP contribution in [0, 0.1) is 6.92 Å². The number of rotatable bonds is 8. The average molecular weight is 398 g/mol. The fourth-order valence-corrected chi connectivity index (χ4v) is 3.30. The van der Waals surface area contributed by atoms with Crippen LogP contribution >= 0.6 is 11.8 Å². The minimum Gasteiger partial charge on any atom is -0.455 e. The first kappa shape index (κ1) is 19.9. The Kier molecular flexibility index (Phi) is 6.71. The van der Waals surface area contributed by atoms with Crippen LogP contribution in [0.4, 0.5) is 5.69 Å². The summed E-state index contributed by atoms with van der Waals surface area (Å²) in [5.41, 5.74) is 2.05. The highest BCUT2D eigenvalue weighted by molar-refractivity contribution is 8.00. The summed E-state index contributed by atoms with van der Waals surface area (Å²) in [5.74, 6) is -0.928. The molecular weight excluding hydrogens is 376 g/mol. The summed E-state index contributed by atoms with van der Waals surface area (Å²) in [7, 11) is 0. The van der Waals surface area contributed by atoms with Gasteiger partial charge in [-0.25, -0.2) is 0 Å². The van der Waals surface area contributed by atoms with Crippen molar-refractivity contribution in [2.24, 2.45) is 0 Å². The Balaban J connectivity index is 1.43. The van der Waals surface area contributed by atoms with E-state index in [0.29, 0.717) is 11.3 Å². The van der Waals surface area contributed by atoms with Crippen LogP contribution in [-0.2, 0) is 14.3 Å². The molecule has 0 bridgehead atoms. The lowest BCUT2D eigenvalue weighted by atomic mass is 10.2. The molecule has 1 saturated carbocycles. The van der Waals surface area contributed by atoms with Crippen molar-refractivity contribution in [2.75, 3.05) is 17.7 Å². The van der Waals surface area contributed by atoms with Gasteiger partial charge >= 0.3 is 5.97 Å². The van der Waals surface area contributed by atoms with Crippen LogP contribution in [0.3, 0.4) is 0 Å². The van der Waals surface area contributed by atoms with Gasteiger partial charge in [0.15, 0.2) is 6.61 Å². The second-order valence-corrected chi connectivity index (χ2v) is 7.61. The van der Waals surface area contributed by atoms with Gasteiger partial charge in [0.1, 0.15) is 0 Å². The molecule has 1 fully saturated rings. The van der Waals surface area contributed by atoms with Crippen LogP contribution in [0.15, 0.2) is 53.4 Å². The molecule has 0 unspecified atom stereocenters. The van der Waals surface area contributed by atoms with Gasteiger partial charge in [0, 0.05) is 22.2 Å². The minimum atomic E-state index is -0.457. The summed E-state index contributed by atoms with van der Waals surface area (Å²) >= 11 is 1.38. The molecule has 6 nitrogen and oxygen atoms in total. The molecule has 0 spiro atoms. The van der Waals surface area contributed by atoms with Crippen LogP contribution in [0.5, 0.6) is 0 Å². The van der Waals surface area contributed by atoms with Gasteiger partial charge < -0.3 is 15.4 Å². The number of hydrogen-bond acceptors (Lipinski definition) is 5. The van der Waals surface area contributed by atoms with Crippen molar-refractivity contribution in [2.45, 2.75) is 30.7 Å². The highest BCUT2D eigenvalue weighted by Gasteiger charge is 2.23. The molecule has 28 heavy (non-hydrogen) atoms. The smallest absolute Gasteiger partial charge is 0.316 e. The van der Waals surface area contributed by atoms with Gasteiger partial charge in [0.2, 0.25) is 0 Å². The number of anilines is 1. The van der Waals surface area contributed by atoms with E-state index < -0.39 is 11.9 Å². The van der Waals surface area contributed by atoms with Crippen molar-refractivity contribution in [3.63, 3.8) is 0 Å². The van der Waals surface area contributed by atoms with E-state index in [-0.39, 0.29) is 24.3 Å². The normalized spacial score (nSPS) is 12.9. The molecule has 2 N–H and O–H groups in total. The highest BCUT2D eigenvalue weighted by atomic mass is 32.2. The van der Waals surface area contributed by atoms with Crippen LogP contribution in [0.1, 0.15) is 28.8 Å². The highest BCUT2D eigenvalue weighted by Crippen LogP contribution is 2.22. The SMILES string of the molecule is Cc1ccccc1SCC(=O)OCC(=O)Nc1cccc(C(=O)NC2CC2)c1. The van der Waals surface area contributed by atoms with Crippen molar-refractivity contribution in [3.8, 4) is 0 Å². The van der Waals surface area contributed by atoms with Crippen molar-refractivity contribution in [3.05, 3.63) is 59.7 Å². The average Bonchev–Trinajstić information content (AvgIpc) is 3.50. The molecule has 2 aromatic rings. The number of carbonyl (C=O) groups excluding carboxylic acids is 3. The molecule has 2 amide bonds. The fraction of sp³-hybridized carbons (Fsp3) is 0.286. The molecule has 0 radical (unpaired) electrons. The number of hydrogen-bond donors (Lipinski definition) is 2. The number of carbonyl (C=O) groups is 3. The largest absolute Gasteiger partial charge is 0.455 e. The number of nitrogens with one attached hydrogen (secondary N) is 2. The summed E-state index contributed by atoms with van der Waals surface area (Å²) in [6.45, 7) is 1.60. The first-order chi connectivity index (χ1) is 13.5. The van der Waals surface area contributed by atoms with Gasteiger partial charge in [-0.3, -0.25) is 14.4 Å². The number of aryl methyl sites for hydroxylation is 1. The van der Waals surface area contributed by atoms with Crippen LogP contribution < -0.4 is 10.6 Å². The van der Waals surface area contributed by atoms with Crippen molar-refractivity contribution >= 4 is 35.2 Å². The number of thioether (sulfide) groups is 1. The van der Waals surface area contributed by atoms with E-state index in [1.807, 2.05) is 31.2 Å². The predicted octanol–water partition coefficient (Wildman–Crippen LogP) is 3.16. The van der Waals surface area contributed by atoms with Crippen molar-refractivity contribution in [1.82, 2.24) is 5.32 Å². The maximum Gasteiger partial charge on any atom is 0.316 e. The standard InChI is InChI=1S/C21H22N2O4S/c1-14-5-2-3-8-18(14)28-13-20(25)27-12-19(24)22-17-7-4-6-15(11-17)21(26)23-16-9-10-16/h2-8,11,16H,9-10,12-13H2,1H3,(H,22,24)(H,23,26). The predicted molar refractivity (Wildman–Crippen MR) is 108 cm³/mol. The summed E-state index contributed by atoms with van der Waals surface area (Å²) in [6.07, 6.45) is 2.02. The molecule has 3 rings (SSSR count). The first-order valence-corrected chi connectivity index (χ1v) is 10.0. The van der Waals surface area contributed by atoms with Gasteiger partial charge in [0.05, 0.1) is 5.75 Å². The maximum atomic E-state index is 12.1. The molecule has 0 aliphatic heterocycles. The summed E-state index contributed by atoms with van der Waals surface area (Å²) in [6, 6.07) is 14.7. The number of amides is 2. The lowest BCUT2D eigenvalue weighted by molar-refractivity contribution is -0.144. The summed E-state index contributed by atoms with van der Waals surface area (Å²) in [5, 5.41) is 5.54. The summed E-state index contributed by atoms with van der Waals surface area (Å²) < 4.78 is 5.03. The van der Waals surface area contributed by atoms with Crippen LogP contribution in [-0.4, -0.2) is 36.2 Å². The third-order valence-electron chi connectivity index (χ3n) is 4.12. The maximum absolute atomic E-state index is 12.1. The Hall–Kier alpha value is -2.80. The van der Waals surface area contributed by atoms with Crippen LogP contribution in [0.25, 0.3) is 0 Å². The van der Waals surface area contributed by atoms with Crippen LogP contribution in [0.2, 0.25) is 0 Å². The second-order valence-electron chi connectivity index (χ2n) is 6.59. The van der Waals surface area contributed by atoms with Gasteiger partial charge in [-0.1, -0.05) is 24.3 Å². The molecule has 0 aromatic heterocycles. The van der Waals surface area contributed by atoms with E-state index in [4.69, 9.17) is 4.74 Å². The molecule has 146 valence electrons. The Morgan fingerprint density at radius 1 is 1.11 bits per heavy atom. The molecule has 7 heteroatoms. The molecule has 0 saturated heterocycles. The monoisotopic (exact) mass is 398 g/mol. The third kappa shape index (κ3) is 6.13. The number of benzene rings is 2. The zero-order chi connectivity index (χ0) is 19.9. The quantitative estimate of drug-likeness (QED) is 0.527. The Labute approximate surface area is 168 Å². The molecule has 0 heterocycles. The van der Waals surface area contributed by atoms with Gasteiger partial charge in [-0.2, -0.15) is 0 Å². The van der Waals surface area contributed by atoms with E-state index in [2.05, 4.69) is 10.6 Å². The molecule has 1 aliphatic rings. The molecule has 1 aliphatic carbocycles. The summed E-state index contributed by atoms with van der Waals surface area (Å²) in [4.78, 5) is 36.9. The third-order valence-corrected chi connectivity index (χ3v) is 5.27. The Morgan fingerprint density at radius 3 is 2.64 bits per heavy atom. The zero-order valence-corrected chi connectivity index (χ0v) is 16.4. The first-order valence-electron chi connectivity index (χ1n) is 9.06. The Morgan fingerprint density at radius 2 is 1.89 bits per heavy atom. The van der Waals surface area contributed by atoms with E-state index in [0.717, 1.165) is 23.3 Å². The topological polar surface area (TPSA) is 84.5 Å². The molecular formula is C21H22N2O4S. The van der Waals surface area contributed by atoms with Gasteiger partial charge in [-0.05, 0) is 49.6 Å². The van der Waals surface area contributed by atoms with Crippen molar-refractivity contribution < 1.29 is 19.1 Å². The second kappa shape index (κ2) is 9.41. The van der Waals surface area contributed by atoms with E-state index in [1.54, 1.807) is 24.3 Å². The van der Waals surface area contributed by atoms with Crippen molar-refractivity contribution in [1.29, 1.82) is 0 Å². The van der Waals surface area contributed by atoms with Gasteiger partial charge in [-0.15, -0.1) is 11.8 Å².